The Hall–Kier alpha value is -1.29. The van der Waals surface area contributed by atoms with Gasteiger partial charge in [0, 0.05) is 19.2 Å². The Morgan fingerprint density at radius 3 is 2.60 bits per heavy atom. The van der Waals surface area contributed by atoms with Crippen LogP contribution >= 0.6 is 0 Å². The molecule has 4 N–H and O–H groups in total. The number of aliphatic hydroxyl groups excluding tert-OH is 1. The number of nitrogen functional groups attached to an aromatic ring is 1. The molecule has 6 nitrogen and oxygen atoms in total. The monoisotopic (exact) mass is 310 g/mol. The summed E-state index contributed by atoms with van der Waals surface area (Å²) in [5.41, 5.74) is 4.77. The van der Waals surface area contributed by atoms with Crippen LogP contribution in [0.2, 0.25) is 0 Å². The lowest BCUT2D eigenvalue weighted by Crippen LogP contribution is -2.26. The summed E-state index contributed by atoms with van der Waals surface area (Å²) in [6.45, 7) is 0.309. The highest BCUT2D eigenvalue weighted by atomic mass is 32.2. The van der Waals surface area contributed by atoms with E-state index in [2.05, 4.69) is 4.72 Å². The fourth-order valence-corrected chi connectivity index (χ4v) is 2.54. The number of aliphatic hydroxyl groups is 1. The van der Waals surface area contributed by atoms with E-state index >= 15 is 0 Å². The third-order valence-electron chi connectivity index (χ3n) is 2.33. The average Bonchev–Trinajstić information content (AvgIpc) is 2.37. The topological polar surface area (TPSA) is 102 Å². The summed E-state index contributed by atoms with van der Waals surface area (Å²) < 4.78 is 57.1. The second-order valence-corrected chi connectivity index (χ2v) is 5.63. The molecule has 9 heteroatoms. The molecule has 1 aromatic carbocycles. The largest absolute Gasteiger partial charge is 0.396 e. The number of ether oxygens (including phenoxy) is 1. The molecule has 0 aromatic heterocycles. The van der Waals surface area contributed by atoms with Gasteiger partial charge in [-0.3, -0.25) is 0 Å². The molecule has 20 heavy (non-hydrogen) atoms. The molecule has 0 unspecified atom stereocenters. The van der Waals surface area contributed by atoms with Crippen molar-refractivity contribution in [1.82, 2.24) is 4.72 Å². The Morgan fingerprint density at radius 1 is 1.25 bits per heavy atom. The van der Waals surface area contributed by atoms with Crippen molar-refractivity contribution >= 4 is 15.7 Å². The molecule has 0 atom stereocenters. The number of nitrogens with two attached hydrogens (primary N) is 1. The van der Waals surface area contributed by atoms with Crippen molar-refractivity contribution in [2.24, 2.45) is 0 Å². The Morgan fingerprint density at radius 2 is 1.95 bits per heavy atom. The van der Waals surface area contributed by atoms with Gasteiger partial charge in [0.25, 0.3) is 0 Å². The van der Waals surface area contributed by atoms with Crippen LogP contribution in [0.4, 0.5) is 14.5 Å². The van der Waals surface area contributed by atoms with Gasteiger partial charge in [0.15, 0.2) is 0 Å². The van der Waals surface area contributed by atoms with Gasteiger partial charge in [0.05, 0.1) is 18.9 Å². The van der Waals surface area contributed by atoms with Crippen molar-refractivity contribution in [1.29, 1.82) is 0 Å². The van der Waals surface area contributed by atoms with Crippen LogP contribution in [-0.4, -0.2) is 39.9 Å². The third-order valence-corrected chi connectivity index (χ3v) is 3.81. The van der Waals surface area contributed by atoms with Gasteiger partial charge in [-0.15, -0.1) is 0 Å². The maximum atomic E-state index is 13.4. The molecule has 0 fully saturated rings. The second-order valence-electron chi connectivity index (χ2n) is 3.89. The number of benzene rings is 1. The van der Waals surface area contributed by atoms with E-state index in [4.69, 9.17) is 15.6 Å². The van der Waals surface area contributed by atoms with Crippen molar-refractivity contribution < 1.29 is 27.0 Å². The van der Waals surface area contributed by atoms with Crippen molar-refractivity contribution in [3.63, 3.8) is 0 Å². The number of anilines is 1. The standard InChI is InChI=1S/C11H16F2N2O4S/c12-8-6-9(13)11(7-10(8)14)20(17,18)15-2-1-4-19-5-3-16/h6-7,15-16H,1-5,14H2. The third kappa shape index (κ3) is 4.67. The van der Waals surface area contributed by atoms with Crippen LogP contribution < -0.4 is 10.5 Å². The number of hydrogen-bond acceptors (Lipinski definition) is 5. The lowest BCUT2D eigenvalue weighted by atomic mass is 10.3. The molecule has 0 heterocycles. The summed E-state index contributed by atoms with van der Waals surface area (Å²) >= 11 is 0. The summed E-state index contributed by atoms with van der Waals surface area (Å²) in [6.07, 6.45) is 0.345. The number of halogens is 2. The zero-order valence-electron chi connectivity index (χ0n) is 10.6. The summed E-state index contributed by atoms with van der Waals surface area (Å²) in [5, 5.41) is 8.46. The lowest BCUT2D eigenvalue weighted by Gasteiger charge is -2.09. The fraction of sp³-hybridized carbons (Fsp3) is 0.455. The summed E-state index contributed by atoms with van der Waals surface area (Å²) in [7, 11) is -4.10. The van der Waals surface area contributed by atoms with Gasteiger partial charge in [-0.25, -0.2) is 21.9 Å². The van der Waals surface area contributed by atoms with Crippen LogP contribution in [0.3, 0.4) is 0 Å². The van der Waals surface area contributed by atoms with E-state index in [1.54, 1.807) is 0 Å². The minimum atomic E-state index is -4.10. The minimum Gasteiger partial charge on any atom is -0.396 e. The maximum absolute atomic E-state index is 13.4. The van der Waals surface area contributed by atoms with Crippen LogP contribution in [0.25, 0.3) is 0 Å². The minimum absolute atomic E-state index is 0.0183. The van der Waals surface area contributed by atoms with Crippen LogP contribution in [0.5, 0.6) is 0 Å². The predicted octanol–water partition coefficient (Wildman–Crippen LogP) is 0.224. The molecular formula is C11H16F2N2O4S. The Balaban J connectivity index is 2.63. The molecule has 0 radical (unpaired) electrons. The van der Waals surface area contributed by atoms with Gasteiger partial charge < -0.3 is 15.6 Å². The Kier molecular flexibility index (Phi) is 6.27. The van der Waals surface area contributed by atoms with E-state index in [0.29, 0.717) is 12.5 Å². The quantitative estimate of drug-likeness (QED) is 0.471. The normalized spacial score (nSPS) is 11.8. The smallest absolute Gasteiger partial charge is 0.243 e. The zero-order valence-corrected chi connectivity index (χ0v) is 11.4. The fourth-order valence-electron chi connectivity index (χ4n) is 1.38. The van der Waals surface area contributed by atoms with Gasteiger partial charge >= 0.3 is 0 Å². The molecule has 0 spiro atoms. The van der Waals surface area contributed by atoms with Crippen molar-refractivity contribution in [3.05, 3.63) is 23.8 Å². The van der Waals surface area contributed by atoms with Gasteiger partial charge in [0.2, 0.25) is 10.0 Å². The summed E-state index contributed by atoms with van der Waals surface area (Å²) in [5.74, 6) is -2.22. The first kappa shape index (κ1) is 16.8. The van der Waals surface area contributed by atoms with Gasteiger partial charge in [-0.05, 0) is 12.5 Å². The van der Waals surface area contributed by atoms with Crippen molar-refractivity contribution in [2.75, 3.05) is 32.1 Å². The van der Waals surface area contributed by atoms with Gasteiger partial charge in [-0.2, -0.15) is 0 Å². The van der Waals surface area contributed by atoms with E-state index in [0.717, 1.165) is 6.07 Å². The molecule has 0 bridgehead atoms. The number of hydrogen-bond donors (Lipinski definition) is 3. The Labute approximate surface area is 115 Å². The van der Waals surface area contributed by atoms with Crippen LogP contribution in [0.15, 0.2) is 17.0 Å². The summed E-state index contributed by atoms with van der Waals surface area (Å²) in [4.78, 5) is -0.701. The molecule has 0 aliphatic rings. The lowest BCUT2D eigenvalue weighted by molar-refractivity contribution is 0.0913. The van der Waals surface area contributed by atoms with Gasteiger partial charge in [0.1, 0.15) is 16.5 Å². The molecule has 0 amide bonds. The summed E-state index contributed by atoms with van der Waals surface area (Å²) in [6, 6.07) is 1.16. The van der Waals surface area contributed by atoms with E-state index in [-0.39, 0.29) is 26.4 Å². The molecule has 1 rings (SSSR count). The molecule has 114 valence electrons. The Bertz CT molecular complexity index is 552. The SMILES string of the molecule is Nc1cc(S(=O)(=O)NCCCOCCO)c(F)cc1F. The van der Waals surface area contributed by atoms with Crippen LogP contribution in [-0.2, 0) is 14.8 Å². The first-order valence-corrected chi connectivity index (χ1v) is 7.29. The second kappa shape index (κ2) is 7.48. The first-order chi connectivity index (χ1) is 9.38. The molecule has 0 saturated heterocycles. The molecule has 1 aromatic rings. The molecule has 0 saturated carbocycles. The number of rotatable bonds is 8. The first-order valence-electron chi connectivity index (χ1n) is 5.81. The van der Waals surface area contributed by atoms with E-state index in [1.165, 1.54) is 0 Å². The van der Waals surface area contributed by atoms with Crippen molar-refractivity contribution in [2.45, 2.75) is 11.3 Å². The average molecular weight is 310 g/mol. The van der Waals surface area contributed by atoms with Gasteiger partial charge in [-0.1, -0.05) is 0 Å². The number of nitrogens with one attached hydrogen (secondary N) is 1. The van der Waals surface area contributed by atoms with E-state index in [1.807, 2.05) is 0 Å². The molecule has 0 aliphatic heterocycles. The highest BCUT2D eigenvalue weighted by Crippen LogP contribution is 2.20. The van der Waals surface area contributed by atoms with Crippen LogP contribution in [0, 0.1) is 11.6 Å². The molecule has 0 aliphatic carbocycles. The maximum Gasteiger partial charge on any atom is 0.243 e. The highest BCUT2D eigenvalue weighted by molar-refractivity contribution is 7.89. The van der Waals surface area contributed by atoms with Crippen LogP contribution in [0.1, 0.15) is 6.42 Å². The van der Waals surface area contributed by atoms with E-state index in [9.17, 15) is 17.2 Å². The highest BCUT2D eigenvalue weighted by Gasteiger charge is 2.20. The molecular weight excluding hydrogens is 294 g/mol. The number of sulfonamides is 1. The predicted molar refractivity (Wildman–Crippen MR) is 68.5 cm³/mol. The van der Waals surface area contributed by atoms with Crippen molar-refractivity contribution in [3.8, 4) is 0 Å². The van der Waals surface area contributed by atoms with E-state index < -0.39 is 32.2 Å². The zero-order chi connectivity index (χ0) is 15.2.